The lowest BCUT2D eigenvalue weighted by atomic mass is 10.1. The zero-order valence-electron chi connectivity index (χ0n) is 11.6. The Hall–Kier alpha value is -1.47. The molecule has 0 atom stereocenters. The van der Waals surface area contributed by atoms with Crippen LogP contribution in [0.15, 0.2) is 0 Å². The molecule has 0 radical (unpaired) electrons. The molecule has 4 N–H and O–H groups in total. The first-order valence-electron chi connectivity index (χ1n) is 6.71. The van der Waals surface area contributed by atoms with Gasteiger partial charge in [0.05, 0.1) is 12.2 Å². The van der Waals surface area contributed by atoms with Crippen molar-refractivity contribution in [3.05, 3.63) is 15.6 Å². The smallest absolute Gasteiger partial charge is 0.347 e. The highest BCUT2D eigenvalue weighted by molar-refractivity contribution is 7.13. The minimum absolute atomic E-state index is 0.0255. The Labute approximate surface area is 122 Å². The van der Waals surface area contributed by atoms with E-state index in [0.29, 0.717) is 30.2 Å². The summed E-state index contributed by atoms with van der Waals surface area (Å²) in [5.41, 5.74) is 5.89. The van der Waals surface area contributed by atoms with Gasteiger partial charge in [0.2, 0.25) is 5.91 Å². The standard InChI is InChI=1S/C13H21N3O3S/c1-9-12(13(18)19)20-11(16-9)8-15-10(17)6-4-2-3-5-7-14/h2-8,14H2,1H3,(H,15,17)(H,18,19). The van der Waals surface area contributed by atoms with Crippen LogP contribution in [-0.2, 0) is 11.3 Å². The fourth-order valence-electron chi connectivity index (χ4n) is 1.77. The molecule has 6 nitrogen and oxygen atoms in total. The van der Waals surface area contributed by atoms with Crippen molar-refractivity contribution >= 4 is 23.2 Å². The van der Waals surface area contributed by atoms with Crippen molar-refractivity contribution in [1.29, 1.82) is 0 Å². The fourth-order valence-corrected chi connectivity index (χ4v) is 2.62. The third-order valence-corrected chi connectivity index (χ3v) is 3.98. The molecule has 0 aliphatic carbocycles. The number of nitrogens with two attached hydrogens (primary N) is 1. The number of aryl methyl sites for hydroxylation is 1. The van der Waals surface area contributed by atoms with Gasteiger partial charge in [-0.15, -0.1) is 11.3 Å². The average Bonchev–Trinajstić information content (AvgIpc) is 2.77. The molecule has 0 bridgehead atoms. The van der Waals surface area contributed by atoms with E-state index in [1.165, 1.54) is 0 Å². The van der Waals surface area contributed by atoms with Crippen LogP contribution in [0, 0.1) is 6.92 Å². The van der Waals surface area contributed by atoms with E-state index in [9.17, 15) is 9.59 Å². The normalized spacial score (nSPS) is 10.5. The number of nitrogens with one attached hydrogen (secondary N) is 1. The topological polar surface area (TPSA) is 105 Å². The first-order valence-corrected chi connectivity index (χ1v) is 7.52. The number of carbonyl (C=O) groups is 2. The molecule has 1 rings (SSSR count). The predicted molar refractivity (Wildman–Crippen MR) is 77.8 cm³/mol. The van der Waals surface area contributed by atoms with Crippen LogP contribution in [-0.4, -0.2) is 28.5 Å². The van der Waals surface area contributed by atoms with Crippen LogP contribution in [0.25, 0.3) is 0 Å². The van der Waals surface area contributed by atoms with E-state index >= 15 is 0 Å². The third kappa shape index (κ3) is 5.66. The molecular formula is C13H21N3O3S. The molecule has 1 amide bonds. The molecule has 0 saturated carbocycles. The van der Waals surface area contributed by atoms with E-state index in [2.05, 4.69) is 10.3 Å². The van der Waals surface area contributed by atoms with E-state index in [0.717, 1.165) is 37.0 Å². The lowest BCUT2D eigenvalue weighted by molar-refractivity contribution is -0.121. The van der Waals surface area contributed by atoms with Gasteiger partial charge >= 0.3 is 5.97 Å². The third-order valence-electron chi connectivity index (χ3n) is 2.83. The predicted octanol–water partition coefficient (Wildman–Crippen LogP) is 1.68. The number of thiazole rings is 1. The molecule has 1 aromatic rings. The summed E-state index contributed by atoms with van der Waals surface area (Å²) in [6.45, 7) is 2.64. The second kappa shape index (κ2) is 8.65. The average molecular weight is 299 g/mol. The number of carbonyl (C=O) groups excluding carboxylic acids is 1. The molecule has 0 saturated heterocycles. The van der Waals surface area contributed by atoms with Crippen LogP contribution in [0.1, 0.15) is 52.5 Å². The number of aromatic nitrogens is 1. The van der Waals surface area contributed by atoms with Crippen molar-refractivity contribution in [1.82, 2.24) is 10.3 Å². The number of rotatable bonds is 9. The first kappa shape index (κ1) is 16.6. The Morgan fingerprint density at radius 3 is 2.60 bits per heavy atom. The molecule has 7 heteroatoms. The van der Waals surface area contributed by atoms with E-state index in [-0.39, 0.29) is 10.8 Å². The number of carboxylic acids is 1. The molecule has 112 valence electrons. The Balaban J connectivity index is 2.27. The molecule has 0 fully saturated rings. The summed E-state index contributed by atoms with van der Waals surface area (Å²) >= 11 is 1.11. The largest absolute Gasteiger partial charge is 0.477 e. The Morgan fingerprint density at radius 1 is 1.30 bits per heavy atom. The van der Waals surface area contributed by atoms with E-state index < -0.39 is 5.97 Å². The van der Waals surface area contributed by atoms with Gasteiger partial charge in [-0.1, -0.05) is 12.8 Å². The summed E-state index contributed by atoms with van der Waals surface area (Å²) in [7, 11) is 0. The van der Waals surface area contributed by atoms with E-state index in [1.54, 1.807) is 6.92 Å². The number of amides is 1. The SMILES string of the molecule is Cc1nc(CNC(=O)CCCCCCN)sc1C(=O)O. The second-order valence-corrected chi connectivity index (χ2v) is 5.64. The maximum Gasteiger partial charge on any atom is 0.347 e. The highest BCUT2D eigenvalue weighted by Gasteiger charge is 2.14. The molecule has 0 aliphatic heterocycles. The molecular weight excluding hydrogens is 278 g/mol. The summed E-state index contributed by atoms with van der Waals surface area (Å²) < 4.78 is 0. The fraction of sp³-hybridized carbons (Fsp3) is 0.615. The summed E-state index contributed by atoms with van der Waals surface area (Å²) in [4.78, 5) is 26.8. The van der Waals surface area contributed by atoms with Gasteiger partial charge in [0.1, 0.15) is 9.88 Å². The van der Waals surface area contributed by atoms with Gasteiger partial charge in [0.15, 0.2) is 0 Å². The van der Waals surface area contributed by atoms with Gasteiger partial charge in [-0.2, -0.15) is 0 Å². The summed E-state index contributed by atoms with van der Waals surface area (Å²) in [5.74, 6) is -1.00. The quantitative estimate of drug-likeness (QED) is 0.602. The van der Waals surface area contributed by atoms with Crippen molar-refractivity contribution in [2.75, 3.05) is 6.54 Å². The van der Waals surface area contributed by atoms with Crippen LogP contribution in [0.3, 0.4) is 0 Å². The van der Waals surface area contributed by atoms with Crippen LogP contribution >= 0.6 is 11.3 Å². The van der Waals surface area contributed by atoms with Crippen LogP contribution in [0.2, 0.25) is 0 Å². The lowest BCUT2D eigenvalue weighted by Gasteiger charge is -2.03. The highest BCUT2D eigenvalue weighted by atomic mass is 32.1. The molecule has 0 spiro atoms. The lowest BCUT2D eigenvalue weighted by Crippen LogP contribution is -2.22. The summed E-state index contributed by atoms with van der Waals surface area (Å²) in [5, 5.41) is 12.3. The summed E-state index contributed by atoms with van der Waals surface area (Å²) in [6, 6.07) is 0. The molecule has 1 heterocycles. The second-order valence-electron chi connectivity index (χ2n) is 4.56. The zero-order chi connectivity index (χ0) is 15.0. The van der Waals surface area contributed by atoms with Gasteiger partial charge < -0.3 is 16.2 Å². The Bertz CT molecular complexity index is 460. The van der Waals surface area contributed by atoms with Crippen molar-refractivity contribution in [3.63, 3.8) is 0 Å². The van der Waals surface area contributed by atoms with Gasteiger partial charge in [-0.3, -0.25) is 4.79 Å². The molecule has 20 heavy (non-hydrogen) atoms. The van der Waals surface area contributed by atoms with Crippen molar-refractivity contribution in [2.45, 2.75) is 45.6 Å². The van der Waals surface area contributed by atoms with Gasteiger partial charge in [-0.25, -0.2) is 9.78 Å². The van der Waals surface area contributed by atoms with E-state index in [4.69, 9.17) is 10.8 Å². The Kier molecular flexibility index (Phi) is 7.17. The van der Waals surface area contributed by atoms with Gasteiger partial charge in [-0.05, 0) is 26.3 Å². The minimum atomic E-state index is -0.975. The monoisotopic (exact) mass is 299 g/mol. The molecule has 1 aromatic heterocycles. The van der Waals surface area contributed by atoms with Crippen molar-refractivity contribution in [2.24, 2.45) is 5.73 Å². The molecule has 0 unspecified atom stereocenters. The van der Waals surface area contributed by atoms with Gasteiger partial charge in [0.25, 0.3) is 0 Å². The van der Waals surface area contributed by atoms with Crippen molar-refractivity contribution in [3.8, 4) is 0 Å². The van der Waals surface area contributed by atoms with Crippen LogP contribution < -0.4 is 11.1 Å². The summed E-state index contributed by atoms with van der Waals surface area (Å²) in [6.07, 6.45) is 4.39. The highest BCUT2D eigenvalue weighted by Crippen LogP contribution is 2.17. The number of aromatic carboxylic acids is 1. The number of carboxylic acid groups (broad SMARTS) is 1. The van der Waals surface area contributed by atoms with E-state index in [1.807, 2.05) is 0 Å². The number of unbranched alkanes of at least 4 members (excludes halogenated alkanes) is 3. The van der Waals surface area contributed by atoms with Gasteiger partial charge in [0, 0.05) is 6.42 Å². The number of nitrogens with zero attached hydrogens (tertiary/aromatic N) is 1. The molecule has 0 aromatic carbocycles. The van der Waals surface area contributed by atoms with Crippen molar-refractivity contribution < 1.29 is 14.7 Å². The number of hydrogen-bond acceptors (Lipinski definition) is 5. The minimum Gasteiger partial charge on any atom is -0.477 e. The maximum atomic E-state index is 11.6. The zero-order valence-corrected chi connectivity index (χ0v) is 12.5. The number of hydrogen-bond donors (Lipinski definition) is 3. The molecule has 0 aliphatic rings. The van der Waals surface area contributed by atoms with Crippen LogP contribution in [0.4, 0.5) is 0 Å². The maximum absolute atomic E-state index is 11.6. The Morgan fingerprint density at radius 2 is 2.00 bits per heavy atom. The van der Waals surface area contributed by atoms with Crippen LogP contribution in [0.5, 0.6) is 0 Å². The first-order chi connectivity index (χ1) is 9.54.